The first-order valence-electron chi connectivity index (χ1n) is 4.11. The molecule has 2 heterocycles. The average molecular weight is 164 g/mol. The molecule has 1 aliphatic rings. The summed E-state index contributed by atoms with van der Waals surface area (Å²) in [6.45, 7) is 3.45. The molecule has 3 nitrogen and oxygen atoms in total. The maximum absolute atomic E-state index is 9.07. The number of pyridine rings is 1. The summed E-state index contributed by atoms with van der Waals surface area (Å²) in [5, 5.41) is 9.07. The highest BCUT2D eigenvalue weighted by Gasteiger charge is 2.24. The molecule has 0 aromatic carbocycles. The Morgan fingerprint density at radius 1 is 1.50 bits per heavy atom. The van der Waals surface area contributed by atoms with Crippen LogP contribution in [0, 0.1) is 6.92 Å². The van der Waals surface area contributed by atoms with E-state index >= 15 is 0 Å². The second-order valence-electron chi connectivity index (χ2n) is 3.22. The number of aromatic nitrogens is 1. The van der Waals surface area contributed by atoms with Crippen molar-refractivity contribution in [1.82, 2.24) is 4.98 Å². The zero-order chi connectivity index (χ0) is 8.55. The molecule has 0 unspecified atom stereocenters. The molecule has 1 saturated heterocycles. The van der Waals surface area contributed by atoms with Gasteiger partial charge < -0.3 is 10.0 Å². The van der Waals surface area contributed by atoms with E-state index in [2.05, 4.69) is 9.88 Å². The van der Waals surface area contributed by atoms with E-state index in [1.165, 1.54) is 0 Å². The summed E-state index contributed by atoms with van der Waals surface area (Å²) in [6, 6.07) is 4.02. The van der Waals surface area contributed by atoms with E-state index in [1.54, 1.807) is 0 Å². The van der Waals surface area contributed by atoms with E-state index in [1.807, 2.05) is 25.3 Å². The maximum Gasteiger partial charge on any atom is 0.0889 e. The van der Waals surface area contributed by atoms with Gasteiger partial charge in [-0.3, -0.25) is 4.98 Å². The molecule has 0 saturated carbocycles. The van der Waals surface area contributed by atoms with Gasteiger partial charge in [-0.15, -0.1) is 0 Å². The van der Waals surface area contributed by atoms with Crippen LogP contribution in [-0.4, -0.2) is 29.3 Å². The fourth-order valence-electron chi connectivity index (χ4n) is 1.31. The Kier molecular flexibility index (Phi) is 1.73. The fourth-order valence-corrected chi connectivity index (χ4v) is 1.31. The van der Waals surface area contributed by atoms with E-state index < -0.39 is 0 Å². The minimum absolute atomic E-state index is 0.147. The molecule has 0 atom stereocenters. The van der Waals surface area contributed by atoms with Crippen LogP contribution in [0.2, 0.25) is 0 Å². The highest BCUT2D eigenvalue weighted by Crippen LogP contribution is 2.19. The van der Waals surface area contributed by atoms with Gasteiger partial charge in [0.1, 0.15) is 0 Å². The lowest BCUT2D eigenvalue weighted by Gasteiger charge is -2.37. The Bertz CT molecular complexity index is 264. The van der Waals surface area contributed by atoms with Crippen molar-refractivity contribution in [3.05, 3.63) is 24.0 Å². The standard InChI is InChI=1S/C9H12N2O/c1-7-2-3-8(4-10-7)11-5-9(12)6-11/h2-4,9,12H,5-6H2,1H3. The lowest BCUT2D eigenvalue weighted by Crippen LogP contribution is -2.50. The smallest absolute Gasteiger partial charge is 0.0889 e. The van der Waals surface area contributed by atoms with Crippen molar-refractivity contribution in [2.45, 2.75) is 13.0 Å². The zero-order valence-electron chi connectivity index (χ0n) is 7.07. The van der Waals surface area contributed by atoms with Crippen molar-refractivity contribution < 1.29 is 5.11 Å². The Hall–Kier alpha value is -1.09. The van der Waals surface area contributed by atoms with Gasteiger partial charge in [0.05, 0.1) is 18.0 Å². The fraction of sp³-hybridized carbons (Fsp3) is 0.444. The van der Waals surface area contributed by atoms with Gasteiger partial charge in [-0.05, 0) is 19.1 Å². The van der Waals surface area contributed by atoms with Gasteiger partial charge in [-0.2, -0.15) is 0 Å². The molecule has 1 N–H and O–H groups in total. The minimum Gasteiger partial charge on any atom is -0.389 e. The molecule has 1 aromatic heterocycles. The van der Waals surface area contributed by atoms with Gasteiger partial charge in [-0.25, -0.2) is 0 Å². The number of hydrogen-bond acceptors (Lipinski definition) is 3. The van der Waals surface area contributed by atoms with Crippen LogP contribution in [0.5, 0.6) is 0 Å². The van der Waals surface area contributed by atoms with E-state index in [9.17, 15) is 0 Å². The third kappa shape index (κ3) is 1.28. The Labute approximate surface area is 71.7 Å². The van der Waals surface area contributed by atoms with Gasteiger partial charge in [0.25, 0.3) is 0 Å². The monoisotopic (exact) mass is 164 g/mol. The first-order valence-corrected chi connectivity index (χ1v) is 4.11. The van der Waals surface area contributed by atoms with Crippen molar-refractivity contribution in [2.24, 2.45) is 0 Å². The highest BCUT2D eigenvalue weighted by atomic mass is 16.3. The third-order valence-electron chi connectivity index (χ3n) is 2.12. The first kappa shape index (κ1) is 7.55. The zero-order valence-corrected chi connectivity index (χ0v) is 7.07. The van der Waals surface area contributed by atoms with Gasteiger partial charge in [0.2, 0.25) is 0 Å². The SMILES string of the molecule is Cc1ccc(N2CC(O)C2)cn1. The number of β-amino-alcohol motifs (C(OH)–C–C–N with tert-alkyl or cyclic N) is 1. The molecule has 1 fully saturated rings. The van der Waals surface area contributed by atoms with Crippen LogP contribution >= 0.6 is 0 Å². The molecule has 1 aliphatic heterocycles. The van der Waals surface area contributed by atoms with Gasteiger partial charge in [0, 0.05) is 18.8 Å². The van der Waals surface area contributed by atoms with Crippen molar-refractivity contribution in [2.75, 3.05) is 18.0 Å². The van der Waals surface area contributed by atoms with Crippen LogP contribution in [0.4, 0.5) is 5.69 Å². The highest BCUT2D eigenvalue weighted by molar-refractivity contribution is 5.47. The number of nitrogens with zero attached hydrogens (tertiary/aromatic N) is 2. The maximum atomic E-state index is 9.07. The van der Waals surface area contributed by atoms with E-state index in [0.29, 0.717) is 0 Å². The van der Waals surface area contributed by atoms with Crippen LogP contribution in [0.15, 0.2) is 18.3 Å². The molecule has 12 heavy (non-hydrogen) atoms. The van der Waals surface area contributed by atoms with Crippen LogP contribution in [0.1, 0.15) is 5.69 Å². The molecular formula is C9H12N2O. The van der Waals surface area contributed by atoms with E-state index in [4.69, 9.17) is 5.11 Å². The topological polar surface area (TPSA) is 36.4 Å². The second-order valence-corrected chi connectivity index (χ2v) is 3.22. The second kappa shape index (κ2) is 2.75. The minimum atomic E-state index is -0.147. The summed E-state index contributed by atoms with van der Waals surface area (Å²) in [7, 11) is 0. The van der Waals surface area contributed by atoms with Gasteiger partial charge >= 0.3 is 0 Å². The summed E-state index contributed by atoms with van der Waals surface area (Å²) in [6.07, 6.45) is 1.70. The summed E-state index contributed by atoms with van der Waals surface area (Å²) >= 11 is 0. The normalized spacial score (nSPS) is 17.7. The third-order valence-corrected chi connectivity index (χ3v) is 2.12. The van der Waals surface area contributed by atoms with Crippen molar-refractivity contribution in [3.8, 4) is 0 Å². The molecule has 64 valence electrons. The molecule has 0 spiro atoms. The van der Waals surface area contributed by atoms with Crippen molar-refractivity contribution in [3.63, 3.8) is 0 Å². The summed E-state index contributed by atoms with van der Waals surface area (Å²) in [5.41, 5.74) is 2.13. The van der Waals surface area contributed by atoms with Crippen LogP contribution in [-0.2, 0) is 0 Å². The predicted molar refractivity (Wildman–Crippen MR) is 47.2 cm³/mol. The molecular weight excluding hydrogens is 152 g/mol. The quantitative estimate of drug-likeness (QED) is 0.659. The largest absolute Gasteiger partial charge is 0.389 e. The number of anilines is 1. The Morgan fingerprint density at radius 3 is 2.75 bits per heavy atom. The van der Waals surface area contributed by atoms with Crippen molar-refractivity contribution in [1.29, 1.82) is 0 Å². The number of aliphatic hydroxyl groups is 1. The number of rotatable bonds is 1. The molecule has 1 aromatic rings. The van der Waals surface area contributed by atoms with Crippen LogP contribution in [0.25, 0.3) is 0 Å². The Morgan fingerprint density at radius 2 is 2.25 bits per heavy atom. The van der Waals surface area contributed by atoms with Crippen LogP contribution in [0.3, 0.4) is 0 Å². The lowest BCUT2D eigenvalue weighted by molar-refractivity contribution is 0.142. The molecule has 0 bridgehead atoms. The Balaban J connectivity index is 2.09. The number of aryl methyl sites for hydroxylation is 1. The first-order chi connectivity index (χ1) is 5.75. The number of aliphatic hydroxyl groups excluding tert-OH is 1. The summed E-state index contributed by atoms with van der Waals surface area (Å²) in [4.78, 5) is 6.29. The summed E-state index contributed by atoms with van der Waals surface area (Å²) in [5.74, 6) is 0. The van der Waals surface area contributed by atoms with E-state index in [-0.39, 0.29) is 6.10 Å². The van der Waals surface area contributed by atoms with Gasteiger partial charge in [0.15, 0.2) is 0 Å². The molecule has 0 aliphatic carbocycles. The summed E-state index contributed by atoms with van der Waals surface area (Å²) < 4.78 is 0. The van der Waals surface area contributed by atoms with Gasteiger partial charge in [-0.1, -0.05) is 0 Å². The van der Waals surface area contributed by atoms with Crippen LogP contribution < -0.4 is 4.90 Å². The molecule has 0 amide bonds. The van der Waals surface area contributed by atoms with Crippen molar-refractivity contribution >= 4 is 5.69 Å². The molecule has 0 radical (unpaired) electrons. The lowest BCUT2D eigenvalue weighted by atomic mass is 10.1. The average Bonchev–Trinajstić information content (AvgIpc) is 2.01. The number of hydrogen-bond donors (Lipinski definition) is 1. The molecule has 3 heteroatoms. The van der Waals surface area contributed by atoms with E-state index in [0.717, 1.165) is 24.5 Å². The predicted octanol–water partition coefficient (Wildman–Crippen LogP) is 0.571. The molecule has 2 rings (SSSR count).